The lowest BCUT2D eigenvalue weighted by molar-refractivity contribution is -0.143. The Morgan fingerprint density at radius 3 is 2.59 bits per heavy atom. The third-order valence-electron chi connectivity index (χ3n) is 4.91. The lowest BCUT2D eigenvalue weighted by Gasteiger charge is -2.36. The molecule has 0 amide bonds. The Morgan fingerprint density at radius 2 is 2.04 bits per heavy atom. The van der Waals surface area contributed by atoms with Crippen molar-refractivity contribution in [3.05, 3.63) is 45.1 Å². The number of carboxylic acids is 1. The summed E-state index contributed by atoms with van der Waals surface area (Å²) < 4.78 is 11.9. The van der Waals surface area contributed by atoms with Crippen molar-refractivity contribution in [1.82, 2.24) is 4.90 Å². The van der Waals surface area contributed by atoms with Crippen LogP contribution in [0.25, 0.3) is 0 Å². The molecule has 1 saturated heterocycles. The zero-order chi connectivity index (χ0) is 19.4. The molecule has 1 N–H and O–H groups in total. The minimum Gasteiger partial charge on any atom is -0.493 e. The molecule has 1 aliphatic heterocycles. The molecular formula is C20H24ClNO4S. The number of rotatable bonds is 7. The zero-order valence-corrected chi connectivity index (χ0v) is 17.1. The van der Waals surface area contributed by atoms with Crippen LogP contribution in [0.15, 0.2) is 30.3 Å². The highest BCUT2D eigenvalue weighted by atomic mass is 35.5. The second kappa shape index (κ2) is 8.95. The van der Waals surface area contributed by atoms with Gasteiger partial charge in [0.05, 0.1) is 30.0 Å². The maximum atomic E-state index is 11.3. The Labute approximate surface area is 168 Å². The molecule has 5 nitrogen and oxygen atoms in total. The van der Waals surface area contributed by atoms with Gasteiger partial charge in [-0.15, -0.1) is 11.3 Å². The molecule has 0 bridgehead atoms. The van der Waals surface area contributed by atoms with Crippen LogP contribution >= 0.6 is 22.9 Å². The summed E-state index contributed by atoms with van der Waals surface area (Å²) in [5.74, 6) is 0.454. The zero-order valence-electron chi connectivity index (χ0n) is 15.5. The molecule has 0 saturated carbocycles. The van der Waals surface area contributed by atoms with Crippen LogP contribution in [0.5, 0.6) is 11.5 Å². The van der Waals surface area contributed by atoms with E-state index in [1.54, 1.807) is 18.4 Å². The predicted molar refractivity (Wildman–Crippen MR) is 107 cm³/mol. The van der Waals surface area contributed by atoms with Crippen LogP contribution in [0, 0.1) is 5.92 Å². The van der Waals surface area contributed by atoms with E-state index in [2.05, 4.69) is 11.0 Å². The fourth-order valence-corrected chi connectivity index (χ4v) is 4.79. The lowest BCUT2D eigenvalue weighted by atomic mass is 9.93. The Morgan fingerprint density at radius 1 is 1.30 bits per heavy atom. The van der Waals surface area contributed by atoms with Gasteiger partial charge in [-0.3, -0.25) is 9.69 Å². The molecule has 1 atom stereocenters. The van der Waals surface area contributed by atoms with E-state index in [4.69, 9.17) is 21.1 Å². The number of thiophene rings is 1. The van der Waals surface area contributed by atoms with Gasteiger partial charge in [-0.2, -0.15) is 0 Å². The van der Waals surface area contributed by atoms with E-state index in [9.17, 15) is 9.90 Å². The largest absolute Gasteiger partial charge is 0.493 e. The summed E-state index contributed by atoms with van der Waals surface area (Å²) in [6.45, 7) is 3.97. The van der Waals surface area contributed by atoms with Crippen LogP contribution in [0.1, 0.15) is 36.2 Å². The van der Waals surface area contributed by atoms with Crippen molar-refractivity contribution < 1.29 is 19.4 Å². The van der Waals surface area contributed by atoms with Crippen LogP contribution in [-0.2, 0) is 4.79 Å². The van der Waals surface area contributed by atoms with Gasteiger partial charge in [0.15, 0.2) is 11.5 Å². The standard InChI is InChI=1S/C20H24ClNO4S/c1-3-26-15-5-4-14(12-16(15)25-2)19(17-6-7-18(21)27-17)22-10-8-13(9-11-22)20(23)24/h4-7,12-13,19H,3,8-11H2,1-2H3,(H,23,24). The number of hydrogen-bond donors (Lipinski definition) is 1. The van der Waals surface area contributed by atoms with Crippen LogP contribution in [0.3, 0.4) is 0 Å². The van der Waals surface area contributed by atoms with Gasteiger partial charge in [0, 0.05) is 4.88 Å². The topological polar surface area (TPSA) is 59.0 Å². The van der Waals surface area contributed by atoms with E-state index in [1.807, 2.05) is 31.2 Å². The Kier molecular flexibility index (Phi) is 6.63. The number of carboxylic acid groups (broad SMARTS) is 1. The number of likely N-dealkylation sites (tertiary alicyclic amines) is 1. The number of benzene rings is 1. The molecule has 27 heavy (non-hydrogen) atoms. The number of hydrogen-bond acceptors (Lipinski definition) is 5. The predicted octanol–water partition coefficient (Wildman–Crippen LogP) is 4.69. The van der Waals surface area contributed by atoms with Crippen molar-refractivity contribution in [2.24, 2.45) is 5.92 Å². The molecule has 146 valence electrons. The van der Waals surface area contributed by atoms with Crippen molar-refractivity contribution in [1.29, 1.82) is 0 Å². The SMILES string of the molecule is CCOc1ccc(C(c2ccc(Cl)s2)N2CCC(C(=O)O)CC2)cc1OC. The van der Waals surface area contributed by atoms with Crippen molar-refractivity contribution in [2.75, 3.05) is 26.8 Å². The third-order valence-corrected chi connectivity index (χ3v) is 6.19. The average molecular weight is 410 g/mol. The number of carbonyl (C=O) groups is 1. The highest BCUT2D eigenvalue weighted by Gasteiger charge is 2.31. The summed E-state index contributed by atoms with van der Waals surface area (Å²) in [5.41, 5.74) is 1.09. The fraction of sp³-hybridized carbons (Fsp3) is 0.450. The fourth-order valence-electron chi connectivity index (χ4n) is 3.56. The number of ether oxygens (including phenoxy) is 2. The highest BCUT2D eigenvalue weighted by molar-refractivity contribution is 7.16. The maximum Gasteiger partial charge on any atom is 0.306 e. The van der Waals surface area contributed by atoms with Crippen LogP contribution < -0.4 is 9.47 Å². The molecule has 7 heteroatoms. The van der Waals surface area contributed by atoms with Gasteiger partial charge in [-0.05, 0) is 62.7 Å². The van der Waals surface area contributed by atoms with Crippen molar-refractivity contribution >= 4 is 28.9 Å². The minimum atomic E-state index is -0.701. The molecule has 0 radical (unpaired) electrons. The van der Waals surface area contributed by atoms with Gasteiger partial charge in [-0.1, -0.05) is 17.7 Å². The quantitative estimate of drug-likeness (QED) is 0.718. The van der Waals surface area contributed by atoms with Crippen molar-refractivity contribution in [3.8, 4) is 11.5 Å². The van der Waals surface area contributed by atoms with E-state index in [0.717, 1.165) is 33.6 Å². The molecule has 1 aliphatic rings. The highest BCUT2D eigenvalue weighted by Crippen LogP contribution is 2.40. The minimum absolute atomic E-state index is 0.0156. The van der Waals surface area contributed by atoms with Crippen LogP contribution in [0.4, 0.5) is 0 Å². The molecule has 1 aromatic heterocycles. The molecule has 1 fully saturated rings. The number of nitrogens with zero attached hydrogens (tertiary/aromatic N) is 1. The van der Waals surface area contributed by atoms with E-state index in [1.165, 1.54) is 0 Å². The molecule has 2 heterocycles. The second-order valence-electron chi connectivity index (χ2n) is 6.54. The van der Waals surface area contributed by atoms with Crippen LogP contribution in [-0.4, -0.2) is 42.8 Å². The summed E-state index contributed by atoms with van der Waals surface area (Å²) >= 11 is 7.75. The number of halogens is 1. The van der Waals surface area contributed by atoms with Gasteiger partial charge in [-0.25, -0.2) is 0 Å². The molecule has 0 spiro atoms. The molecule has 2 aromatic rings. The van der Waals surface area contributed by atoms with E-state index in [0.29, 0.717) is 25.2 Å². The number of piperidine rings is 1. The van der Waals surface area contributed by atoms with Crippen molar-refractivity contribution in [3.63, 3.8) is 0 Å². The van der Waals surface area contributed by atoms with Gasteiger partial charge >= 0.3 is 5.97 Å². The second-order valence-corrected chi connectivity index (χ2v) is 8.28. The molecule has 1 unspecified atom stereocenters. The summed E-state index contributed by atoms with van der Waals surface area (Å²) in [6, 6.07) is 9.96. The summed E-state index contributed by atoms with van der Waals surface area (Å²) in [4.78, 5) is 14.8. The van der Waals surface area contributed by atoms with E-state index in [-0.39, 0.29) is 12.0 Å². The first-order chi connectivity index (χ1) is 13.0. The average Bonchev–Trinajstić information content (AvgIpc) is 3.09. The Hall–Kier alpha value is -1.76. The first kappa shape index (κ1) is 20.0. The summed E-state index contributed by atoms with van der Waals surface area (Å²) in [7, 11) is 1.64. The maximum absolute atomic E-state index is 11.3. The van der Waals surface area contributed by atoms with Gasteiger partial charge in [0.25, 0.3) is 0 Å². The monoisotopic (exact) mass is 409 g/mol. The number of aliphatic carboxylic acids is 1. The Balaban J connectivity index is 1.93. The number of methoxy groups -OCH3 is 1. The normalized spacial score (nSPS) is 16.9. The molecular weight excluding hydrogens is 386 g/mol. The van der Waals surface area contributed by atoms with Gasteiger partial charge in [0.2, 0.25) is 0 Å². The van der Waals surface area contributed by atoms with Crippen LogP contribution in [0.2, 0.25) is 4.34 Å². The van der Waals surface area contributed by atoms with E-state index < -0.39 is 5.97 Å². The first-order valence-electron chi connectivity index (χ1n) is 9.06. The lowest BCUT2D eigenvalue weighted by Crippen LogP contribution is -2.39. The van der Waals surface area contributed by atoms with Gasteiger partial charge < -0.3 is 14.6 Å². The smallest absolute Gasteiger partial charge is 0.306 e. The first-order valence-corrected chi connectivity index (χ1v) is 10.3. The molecule has 0 aliphatic carbocycles. The van der Waals surface area contributed by atoms with E-state index >= 15 is 0 Å². The molecule has 3 rings (SSSR count). The summed E-state index contributed by atoms with van der Waals surface area (Å²) in [5, 5.41) is 9.29. The Bertz CT molecular complexity index is 786. The molecule has 1 aromatic carbocycles. The van der Waals surface area contributed by atoms with Crippen molar-refractivity contribution in [2.45, 2.75) is 25.8 Å². The summed E-state index contributed by atoms with van der Waals surface area (Å²) in [6.07, 6.45) is 1.30. The third kappa shape index (κ3) is 4.57. The van der Waals surface area contributed by atoms with Gasteiger partial charge in [0.1, 0.15) is 0 Å².